The Kier molecular flexibility index (Phi) is 4.90. The monoisotopic (exact) mass is 252 g/mol. The lowest BCUT2D eigenvalue weighted by atomic mass is 10.1. The molecule has 1 amide bonds. The Hall–Kier alpha value is -1.36. The van der Waals surface area contributed by atoms with Gasteiger partial charge in [0.05, 0.1) is 6.04 Å². The van der Waals surface area contributed by atoms with E-state index in [1.54, 1.807) is 6.20 Å². The minimum absolute atomic E-state index is 0.0759. The van der Waals surface area contributed by atoms with Crippen LogP contribution in [0.3, 0.4) is 0 Å². The fourth-order valence-corrected chi connectivity index (χ4v) is 1.90. The first kappa shape index (κ1) is 14.7. The number of nitrogens with one attached hydrogen (secondary N) is 2. The fraction of sp³-hybridized carbons (Fsp3) is 0.692. The van der Waals surface area contributed by atoms with Crippen molar-refractivity contribution in [1.29, 1.82) is 0 Å². The summed E-state index contributed by atoms with van der Waals surface area (Å²) in [5.41, 5.74) is 0.818. The molecule has 0 aromatic carbocycles. The van der Waals surface area contributed by atoms with Crippen molar-refractivity contribution in [3.63, 3.8) is 0 Å². The van der Waals surface area contributed by atoms with E-state index in [0.717, 1.165) is 12.1 Å². The van der Waals surface area contributed by atoms with Crippen LogP contribution in [0.25, 0.3) is 0 Å². The van der Waals surface area contributed by atoms with Crippen LogP contribution in [0.1, 0.15) is 39.8 Å². The molecular weight excluding hydrogens is 228 g/mol. The van der Waals surface area contributed by atoms with Crippen LogP contribution in [-0.2, 0) is 11.3 Å². The molecule has 0 bridgehead atoms. The summed E-state index contributed by atoms with van der Waals surface area (Å²) in [7, 11) is 1.96. The van der Waals surface area contributed by atoms with Gasteiger partial charge in [-0.3, -0.25) is 14.8 Å². The zero-order valence-electron chi connectivity index (χ0n) is 11.9. The number of aromatic amines is 1. The van der Waals surface area contributed by atoms with E-state index in [9.17, 15) is 4.79 Å². The zero-order chi connectivity index (χ0) is 13.8. The second-order valence-electron chi connectivity index (χ2n) is 5.66. The quantitative estimate of drug-likeness (QED) is 0.835. The summed E-state index contributed by atoms with van der Waals surface area (Å²) in [6.45, 7) is 8.69. The van der Waals surface area contributed by atoms with Gasteiger partial charge in [-0.2, -0.15) is 5.10 Å². The van der Waals surface area contributed by atoms with Crippen molar-refractivity contribution in [2.45, 2.75) is 52.2 Å². The van der Waals surface area contributed by atoms with Crippen LogP contribution in [-0.4, -0.2) is 39.6 Å². The predicted molar refractivity (Wildman–Crippen MR) is 72.0 cm³/mol. The highest BCUT2D eigenvalue weighted by molar-refractivity contribution is 5.82. The number of likely N-dealkylation sites (N-methyl/N-ethyl adjacent to an activating group) is 1. The van der Waals surface area contributed by atoms with Crippen molar-refractivity contribution in [2.24, 2.45) is 0 Å². The van der Waals surface area contributed by atoms with Crippen LogP contribution in [0, 0.1) is 0 Å². The summed E-state index contributed by atoms with van der Waals surface area (Å²) in [6.07, 6.45) is 2.51. The van der Waals surface area contributed by atoms with Crippen LogP contribution >= 0.6 is 0 Å². The van der Waals surface area contributed by atoms with E-state index < -0.39 is 0 Å². The maximum Gasteiger partial charge on any atom is 0.237 e. The van der Waals surface area contributed by atoms with Crippen LogP contribution < -0.4 is 5.32 Å². The maximum absolute atomic E-state index is 12.2. The van der Waals surface area contributed by atoms with Gasteiger partial charge in [-0.1, -0.05) is 6.92 Å². The second-order valence-corrected chi connectivity index (χ2v) is 5.66. The molecule has 5 heteroatoms. The molecule has 2 N–H and O–H groups in total. The number of hydrogen-bond donors (Lipinski definition) is 2. The molecule has 0 aliphatic rings. The fourth-order valence-electron chi connectivity index (χ4n) is 1.90. The van der Waals surface area contributed by atoms with Crippen LogP contribution in [0.4, 0.5) is 0 Å². The van der Waals surface area contributed by atoms with E-state index in [2.05, 4.69) is 15.5 Å². The van der Waals surface area contributed by atoms with Crippen molar-refractivity contribution in [3.8, 4) is 0 Å². The molecule has 18 heavy (non-hydrogen) atoms. The van der Waals surface area contributed by atoms with Gasteiger partial charge in [0.2, 0.25) is 5.91 Å². The minimum Gasteiger partial charge on any atom is -0.350 e. The van der Waals surface area contributed by atoms with Gasteiger partial charge >= 0.3 is 0 Å². The number of nitrogens with zero attached hydrogens (tertiary/aromatic N) is 2. The van der Waals surface area contributed by atoms with Gasteiger partial charge in [-0.15, -0.1) is 0 Å². The molecule has 1 heterocycles. The van der Waals surface area contributed by atoms with Crippen molar-refractivity contribution >= 4 is 5.91 Å². The van der Waals surface area contributed by atoms with Gasteiger partial charge in [0, 0.05) is 24.0 Å². The van der Waals surface area contributed by atoms with Crippen LogP contribution in [0.15, 0.2) is 12.3 Å². The Balaban J connectivity index is 2.62. The summed E-state index contributed by atoms with van der Waals surface area (Å²) < 4.78 is 0. The Bertz CT molecular complexity index is 367. The van der Waals surface area contributed by atoms with Gasteiger partial charge in [0.15, 0.2) is 0 Å². The largest absolute Gasteiger partial charge is 0.350 e. The number of aromatic nitrogens is 2. The molecule has 1 rings (SSSR count). The predicted octanol–water partition coefficient (Wildman–Crippen LogP) is 1.53. The van der Waals surface area contributed by atoms with Crippen molar-refractivity contribution in [1.82, 2.24) is 20.4 Å². The molecule has 0 spiro atoms. The highest BCUT2D eigenvalue weighted by Crippen LogP contribution is 2.09. The molecule has 0 aliphatic carbocycles. The molecule has 1 atom stereocenters. The van der Waals surface area contributed by atoms with E-state index in [-0.39, 0.29) is 17.5 Å². The average Bonchev–Trinajstić information content (AvgIpc) is 2.68. The number of carbonyl (C=O) groups excluding carboxylic acids is 1. The second kappa shape index (κ2) is 6.00. The standard InChI is InChI=1S/C13H24N4O/c1-6-11(12(18)15-13(2,3)4)17(5)9-10-7-8-14-16-10/h7-8,11H,6,9H2,1-5H3,(H,14,16)(H,15,18). The lowest BCUT2D eigenvalue weighted by Crippen LogP contribution is -2.50. The molecule has 102 valence electrons. The number of H-pyrrole nitrogens is 1. The number of hydrogen-bond acceptors (Lipinski definition) is 3. The molecule has 1 aromatic heterocycles. The first-order valence-electron chi connectivity index (χ1n) is 6.34. The third kappa shape index (κ3) is 4.49. The third-order valence-corrected chi connectivity index (χ3v) is 2.70. The summed E-state index contributed by atoms with van der Waals surface area (Å²) >= 11 is 0. The molecule has 0 radical (unpaired) electrons. The molecule has 0 fully saturated rings. The average molecular weight is 252 g/mol. The van der Waals surface area contributed by atoms with Crippen molar-refractivity contribution < 1.29 is 4.79 Å². The molecule has 0 aliphatic heterocycles. The first-order valence-corrected chi connectivity index (χ1v) is 6.34. The van der Waals surface area contributed by atoms with Gasteiger partial charge in [0.25, 0.3) is 0 Å². The number of carbonyl (C=O) groups is 1. The molecule has 1 unspecified atom stereocenters. The van der Waals surface area contributed by atoms with E-state index in [1.165, 1.54) is 0 Å². The van der Waals surface area contributed by atoms with Crippen molar-refractivity contribution in [2.75, 3.05) is 7.05 Å². The Labute approximate surface area is 109 Å². The zero-order valence-corrected chi connectivity index (χ0v) is 11.9. The molecule has 0 saturated heterocycles. The van der Waals surface area contributed by atoms with E-state index in [4.69, 9.17) is 0 Å². The SMILES string of the molecule is CCC(C(=O)NC(C)(C)C)N(C)Cc1ccn[nH]1. The lowest BCUT2D eigenvalue weighted by molar-refractivity contribution is -0.127. The van der Waals surface area contributed by atoms with Gasteiger partial charge < -0.3 is 5.32 Å². The summed E-state index contributed by atoms with van der Waals surface area (Å²) in [5, 5.41) is 9.85. The minimum atomic E-state index is -0.195. The highest BCUT2D eigenvalue weighted by Gasteiger charge is 2.24. The summed E-state index contributed by atoms with van der Waals surface area (Å²) in [4.78, 5) is 14.2. The first-order chi connectivity index (χ1) is 8.33. The van der Waals surface area contributed by atoms with Crippen LogP contribution in [0.5, 0.6) is 0 Å². The summed E-state index contributed by atoms with van der Waals surface area (Å²) in [5.74, 6) is 0.0759. The Morgan fingerprint density at radius 3 is 2.67 bits per heavy atom. The molecule has 5 nitrogen and oxygen atoms in total. The van der Waals surface area contributed by atoms with Crippen LogP contribution in [0.2, 0.25) is 0 Å². The molecule has 1 aromatic rings. The van der Waals surface area contributed by atoms with Gasteiger partial charge in [0.1, 0.15) is 0 Å². The number of amides is 1. The van der Waals surface area contributed by atoms with Gasteiger partial charge in [-0.05, 0) is 40.3 Å². The topological polar surface area (TPSA) is 61.0 Å². The smallest absolute Gasteiger partial charge is 0.237 e. The maximum atomic E-state index is 12.2. The Morgan fingerprint density at radius 1 is 1.56 bits per heavy atom. The lowest BCUT2D eigenvalue weighted by Gasteiger charge is -2.29. The summed E-state index contributed by atoms with van der Waals surface area (Å²) in [6, 6.07) is 1.80. The number of rotatable bonds is 5. The van der Waals surface area contributed by atoms with Gasteiger partial charge in [-0.25, -0.2) is 0 Å². The Morgan fingerprint density at radius 2 is 2.22 bits per heavy atom. The highest BCUT2D eigenvalue weighted by atomic mass is 16.2. The van der Waals surface area contributed by atoms with E-state index >= 15 is 0 Å². The van der Waals surface area contributed by atoms with E-state index in [1.807, 2.05) is 45.7 Å². The molecule has 0 saturated carbocycles. The van der Waals surface area contributed by atoms with Crippen molar-refractivity contribution in [3.05, 3.63) is 18.0 Å². The normalized spacial score (nSPS) is 13.7. The molecular formula is C13H24N4O. The van der Waals surface area contributed by atoms with E-state index in [0.29, 0.717) is 6.54 Å². The third-order valence-electron chi connectivity index (χ3n) is 2.70.